The maximum Gasteiger partial charge on any atom is 0.317 e. The fraction of sp³-hybridized carbons (Fsp3) is 0.414. The molecule has 5 rings (SSSR count). The highest BCUT2D eigenvalue weighted by atomic mass is 16.5. The standard InChI is InChI=1S/C29H31N5O5.H2/c1-17(2)38-25-10-7-19(15-20(25)16-30)27-32-26(33-39-27)23-6-4-5-22-21(23)8-9-24(22)31-29(36)34-13-11-18(12-14-34)28(35)37-3;/h4-7,10,15,17-18,24H,8-9,11-14H2,1-3H3,(H,31,36);1H/t24-;/m0./s1. The minimum absolute atomic E-state index is 0. The lowest BCUT2D eigenvalue weighted by atomic mass is 9.97. The molecule has 0 spiro atoms. The average molecular weight is 532 g/mol. The zero-order chi connectivity index (χ0) is 27.5. The van der Waals surface area contributed by atoms with Crippen LogP contribution in [0.5, 0.6) is 5.75 Å². The number of ether oxygens (including phenoxy) is 2. The number of nitrogens with one attached hydrogen (secondary N) is 1. The van der Waals surface area contributed by atoms with E-state index in [-0.39, 0.29) is 31.5 Å². The van der Waals surface area contributed by atoms with Crippen LogP contribution < -0.4 is 10.1 Å². The van der Waals surface area contributed by atoms with Crippen LogP contribution in [0, 0.1) is 17.2 Å². The number of urea groups is 1. The van der Waals surface area contributed by atoms with Gasteiger partial charge in [0, 0.05) is 25.6 Å². The zero-order valence-electron chi connectivity index (χ0n) is 22.3. The molecule has 0 radical (unpaired) electrons. The summed E-state index contributed by atoms with van der Waals surface area (Å²) in [6, 6.07) is 13.0. The number of piperidine rings is 1. The van der Waals surface area contributed by atoms with E-state index < -0.39 is 0 Å². The van der Waals surface area contributed by atoms with E-state index in [0.29, 0.717) is 54.5 Å². The molecule has 0 unspecified atom stereocenters. The van der Waals surface area contributed by atoms with Gasteiger partial charge in [-0.15, -0.1) is 0 Å². The van der Waals surface area contributed by atoms with E-state index in [9.17, 15) is 14.9 Å². The fourth-order valence-corrected chi connectivity index (χ4v) is 5.30. The predicted molar refractivity (Wildman–Crippen MR) is 144 cm³/mol. The molecule has 1 N–H and O–H groups in total. The number of methoxy groups -OCH3 is 1. The van der Waals surface area contributed by atoms with Crippen molar-refractivity contribution in [3.8, 4) is 34.7 Å². The third-order valence-corrected chi connectivity index (χ3v) is 7.26. The van der Waals surface area contributed by atoms with E-state index in [1.54, 1.807) is 23.1 Å². The molecule has 1 aliphatic carbocycles. The van der Waals surface area contributed by atoms with E-state index in [1.165, 1.54) is 7.11 Å². The Kier molecular flexibility index (Phi) is 7.50. The molecule has 2 aromatic carbocycles. The van der Waals surface area contributed by atoms with Crippen molar-refractivity contribution in [2.45, 2.75) is 51.7 Å². The largest absolute Gasteiger partial charge is 0.490 e. The van der Waals surface area contributed by atoms with Gasteiger partial charge in [0.1, 0.15) is 11.8 Å². The molecule has 2 heterocycles. The first-order valence-electron chi connectivity index (χ1n) is 13.2. The van der Waals surface area contributed by atoms with Crippen LogP contribution in [0.1, 0.15) is 57.3 Å². The van der Waals surface area contributed by atoms with Crippen LogP contribution in [-0.2, 0) is 16.0 Å². The summed E-state index contributed by atoms with van der Waals surface area (Å²) in [5, 5.41) is 16.9. The Hall–Kier alpha value is -4.39. The number of carbonyl (C=O) groups is 2. The SMILES string of the molecule is COC(=O)C1CCN(C(=O)N[C@H]2CCc3c(-c4noc(-c5ccc(OC(C)C)c(C#N)c5)n4)cccc32)CC1.[HH]. The Bertz CT molecular complexity index is 1420. The number of aromatic nitrogens is 2. The van der Waals surface area contributed by atoms with Gasteiger partial charge in [-0.3, -0.25) is 4.79 Å². The number of hydrogen-bond acceptors (Lipinski definition) is 8. The second kappa shape index (κ2) is 11.2. The molecule has 204 valence electrons. The molecule has 1 aliphatic heterocycles. The first-order valence-corrected chi connectivity index (χ1v) is 13.2. The highest BCUT2D eigenvalue weighted by Crippen LogP contribution is 2.38. The fourth-order valence-electron chi connectivity index (χ4n) is 5.30. The van der Waals surface area contributed by atoms with Crippen LogP contribution >= 0.6 is 0 Å². The molecule has 10 nitrogen and oxygen atoms in total. The van der Waals surface area contributed by atoms with E-state index in [2.05, 4.69) is 21.5 Å². The van der Waals surface area contributed by atoms with Gasteiger partial charge in [-0.2, -0.15) is 10.2 Å². The Morgan fingerprint density at radius 3 is 2.72 bits per heavy atom. The molecule has 1 fully saturated rings. The zero-order valence-corrected chi connectivity index (χ0v) is 22.3. The number of fused-ring (bicyclic) bond motifs is 1. The summed E-state index contributed by atoms with van der Waals surface area (Å²) >= 11 is 0. The quantitative estimate of drug-likeness (QED) is 0.445. The molecule has 0 bridgehead atoms. The normalized spacial score (nSPS) is 17.0. The van der Waals surface area contributed by atoms with Crippen molar-refractivity contribution in [3.05, 3.63) is 53.1 Å². The van der Waals surface area contributed by atoms with Crippen LogP contribution in [0.25, 0.3) is 22.8 Å². The summed E-state index contributed by atoms with van der Waals surface area (Å²) in [4.78, 5) is 31.2. The molecular formula is C29H33N5O5. The minimum atomic E-state index is -0.209. The summed E-state index contributed by atoms with van der Waals surface area (Å²) in [5.41, 5.74) is 4.01. The lowest BCUT2D eigenvalue weighted by molar-refractivity contribution is -0.146. The van der Waals surface area contributed by atoms with Crippen molar-refractivity contribution in [2.75, 3.05) is 20.2 Å². The van der Waals surface area contributed by atoms with E-state index in [4.69, 9.17) is 14.0 Å². The van der Waals surface area contributed by atoms with E-state index in [0.717, 1.165) is 29.5 Å². The third kappa shape index (κ3) is 5.43. The van der Waals surface area contributed by atoms with Gasteiger partial charge < -0.3 is 24.2 Å². The molecule has 1 aromatic heterocycles. The summed E-state index contributed by atoms with van der Waals surface area (Å²) in [7, 11) is 1.40. The van der Waals surface area contributed by atoms with Crippen molar-refractivity contribution >= 4 is 12.0 Å². The third-order valence-electron chi connectivity index (χ3n) is 7.26. The summed E-state index contributed by atoms with van der Waals surface area (Å²) < 4.78 is 16.1. The number of likely N-dealkylation sites (tertiary alicyclic amines) is 1. The van der Waals surface area contributed by atoms with Crippen molar-refractivity contribution in [3.63, 3.8) is 0 Å². The van der Waals surface area contributed by atoms with Crippen LogP contribution in [0.15, 0.2) is 40.9 Å². The first kappa shape index (κ1) is 26.2. The van der Waals surface area contributed by atoms with E-state index in [1.807, 2.05) is 32.0 Å². The summed E-state index contributed by atoms with van der Waals surface area (Å²) in [5.74, 6) is 0.928. The average Bonchev–Trinajstić information content (AvgIpc) is 3.60. The summed E-state index contributed by atoms with van der Waals surface area (Å²) in [6.07, 6.45) is 2.70. The minimum Gasteiger partial charge on any atom is -0.490 e. The number of nitriles is 1. The Balaban J connectivity index is 0.00000370. The van der Waals surface area contributed by atoms with Gasteiger partial charge in [0.15, 0.2) is 0 Å². The number of esters is 1. The number of carbonyl (C=O) groups excluding carboxylic acids is 2. The van der Waals surface area contributed by atoms with Gasteiger partial charge in [0.2, 0.25) is 5.82 Å². The molecular weight excluding hydrogens is 498 g/mol. The van der Waals surface area contributed by atoms with Crippen molar-refractivity contribution in [1.29, 1.82) is 5.26 Å². The Morgan fingerprint density at radius 1 is 1.21 bits per heavy atom. The molecule has 2 aliphatic rings. The number of benzene rings is 2. The molecule has 1 atom stereocenters. The Morgan fingerprint density at radius 2 is 2.00 bits per heavy atom. The van der Waals surface area contributed by atoms with Crippen molar-refractivity contribution in [1.82, 2.24) is 20.4 Å². The topological polar surface area (TPSA) is 131 Å². The van der Waals surface area contributed by atoms with Gasteiger partial charge in [0.05, 0.1) is 30.7 Å². The smallest absolute Gasteiger partial charge is 0.317 e. The van der Waals surface area contributed by atoms with Crippen LogP contribution in [0.2, 0.25) is 0 Å². The molecule has 10 heteroatoms. The highest BCUT2D eigenvalue weighted by Gasteiger charge is 2.32. The van der Waals surface area contributed by atoms with E-state index >= 15 is 0 Å². The van der Waals surface area contributed by atoms with Gasteiger partial charge in [-0.25, -0.2) is 4.79 Å². The molecule has 3 aromatic rings. The molecule has 0 saturated carbocycles. The van der Waals surface area contributed by atoms with Crippen LogP contribution in [0.3, 0.4) is 0 Å². The van der Waals surface area contributed by atoms with Crippen molar-refractivity contribution in [2.24, 2.45) is 5.92 Å². The lowest BCUT2D eigenvalue weighted by Gasteiger charge is -2.31. The number of rotatable bonds is 6. The van der Waals surface area contributed by atoms with Gasteiger partial charge in [0.25, 0.3) is 5.89 Å². The first-order chi connectivity index (χ1) is 18.9. The Labute approximate surface area is 228 Å². The molecule has 39 heavy (non-hydrogen) atoms. The van der Waals surface area contributed by atoms with Gasteiger partial charge in [-0.1, -0.05) is 23.4 Å². The number of nitrogens with zero attached hydrogens (tertiary/aromatic N) is 4. The second-order valence-corrected chi connectivity index (χ2v) is 10.1. The maximum absolute atomic E-state index is 13.0. The second-order valence-electron chi connectivity index (χ2n) is 10.1. The monoisotopic (exact) mass is 531 g/mol. The maximum atomic E-state index is 13.0. The van der Waals surface area contributed by atoms with Crippen molar-refractivity contribution < 1.29 is 25.0 Å². The highest BCUT2D eigenvalue weighted by molar-refractivity contribution is 5.77. The molecule has 2 amide bonds. The molecule has 1 saturated heterocycles. The number of amides is 2. The predicted octanol–water partition coefficient (Wildman–Crippen LogP) is 4.89. The van der Waals surface area contributed by atoms with Gasteiger partial charge >= 0.3 is 12.0 Å². The summed E-state index contributed by atoms with van der Waals surface area (Å²) in [6.45, 7) is 4.86. The number of hydrogen-bond donors (Lipinski definition) is 1. The van der Waals surface area contributed by atoms with Gasteiger partial charge in [-0.05, 0) is 68.9 Å². The van der Waals surface area contributed by atoms with Crippen LogP contribution in [-0.4, -0.2) is 53.3 Å². The van der Waals surface area contributed by atoms with Crippen LogP contribution in [0.4, 0.5) is 4.79 Å². The lowest BCUT2D eigenvalue weighted by Crippen LogP contribution is -2.46.